The summed E-state index contributed by atoms with van der Waals surface area (Å²) in [6.45, 7) is 1.98. The second-order valence-corrected chi connectivity index (χ2v) is 8.94. The van der Waals surface area contributed by atoms with Gasteiger partial charge in [0.1, 0.15) is 15.8 Å². The third-order valence-electron chi connectivity index (χ3n) is 5.19. The van der Waals surface area contributed by atoms with Crippen molar-refractivity contribution in [3.63, 3.8) is 0 Å². The molecule has 0 amide bonds. The SMILES string of the molecule is COc1cccc(-c2nc(CN3CCCC3c3nc4ccccc4s3)cs2)c1. The van der Waals surface area contributed by atoms with Crippen molar-refractivity contribution in [2.75, 3.05) is 13.7 Å². The molecule has 0 spiro atoms. The molecule has 2 aromatic carbocycles. The largest absolute Gasteiger partial charge is 0.497 e. The van der Waals surface area contributed by atoms with Crippen molar-refractivity contribution < 1.29 is 4.74 Å². The zero-order valence-electron chi connectivity index (χ0n) is 15.7. The lowest BCUT2D eigenvalue weighted by Crippen LogP contribution is -2.22. The number of hydrogen-bond donors (Lipinski definition) is 0. The van der Waals surface area contributed by atoms with Crippen molar-refractivity contribution in [3.05, 3.63) is 64.6 Å². The Bertz CT molecular complexity index is 1070. The predicted octanol–water partition coefficient (Wildman–Crippen LogP) is 5.77. The molecule has 0 bridgehead atoms. The molecule has 1 fully saturated rings. The van der Waals surface area contributed by atoms with Gasteiger partial charge in [0.05, 0.1) is 29.1 Å². The molecular formula is C22H21N3OS2. The van der Waals surface area contributed by atoms with E-state index in [4.69, 9.17) is 14.7 Å². The maximum Gasteiger partial charge on any atom is 0.123 e. The molecule has 3 heterocycles. The molecule has 28 heavy (non-hydrogen) atoms. The van der Waals surface area contributed by atoms with E-state index in [9.17, 15) is 0 Å². The first-order valence-corrected chi connectivity index (χ1v) is 11.2. The van der Waals surface area contributed by atoms with Crippen LogP contribution in [-0.4, -0.2) is 28.5 Å². The molecule has 0 radical (unpaired) electrons. The first kappa shape index (κ1) is 17.8. The van der Waals surface area contributed by atoms with E-state index in [1.54, 1.807) is 18.4 Å². The molecule has 142 valence electrons. The summed E-state index contributed by atoms with van der Waals surface area (Å²) in [4.78, 5) is 12.3. The van der Waals surface area contributed by atoms with Crippen LogP contribution in [0, 0.1) is 0 Å². The van der Waals surface area contributed by atoms with E-state index in [1.165, 1.54) is 22.5 Å². The maximum atomic E-state index is 5.34. The number of likely N-dealkylation sites (tertiary alicyclic amines) is 1. The van der Waals surface area contributed by atoms with Crippen LogP contribution in [0.15, 0.2) is 53.9 Å². The molecule has 0 saturated carbocycles. The zero-order valence-corrected chi connectivity index (χ0v) is 17.3. The Labute approximate surface area is 172 Å². The lowest BCUT2D eigenvalue weighted by atomic mass is 10.2. The van der Waals surface area contributed by atoms with Crippen LogP contribution in [0.2, 0.25) is 0 Å². The van der Waals surface area contributed by atoms with Crippen molar-refractivity contribution in [2.45, 2.75) is 25.4 Å². The van der Waals surface area contributed by atoms with Gasteiger partial charge in [-0.3, -0.25) is 4.90 Å². The van der Waals surface area contributed by atoms with Crippen molar-refractivity contribution in [2.24, 2.45) is 0 Å². The van der Waals surface area contributed by atoms with Gasteiger partial charge in [-0.1, -0.05) is 24.3 Å². The highest BCUT2D eigenvalue weighted by Crippen LogP contribution is 2.37. The number of benzene rings is 2. The molecule has 1 unspecified atom stereocenters. The molecule has 4 aromatic rings. The number of thiazole rings is 2. The maximum absolute atomic E-state index is 5.34. The molecule has 6 heteroatoms. The Morgan fingerprint density at radius 1 is 1.14 bits per heavy atom. The first-order chi connectivity index (χ1) is 13.8. The molecular weight excluding hydrogens is 386 g/mol. The number of fused-ring (bicyclic) bond motifs is 1. The van der Waals surface area contributed by atoms with E-state index >= 15 is 0 Å². The van der Waals surface area contributed by atoms with Crippen LogP contribution in [0.4, 0.5) is 0 Å². The molecule has 1 saturated heterocycles. The van der Waals surface area contributed by atoms with Gasteiger partial charge in [-0.2, -0.15) is 0 Å². The van der Waals surface area contributed by atoms with Gasteiger partial charge >= 0.3 is 0 Å². The highest BCUT2D eigenvalue weighted by atomic mass is 32.1. The average molecular weight is 408 g/mol. The van der Waals surface area contributed by atoms with E-state index in [1.807, 2.05) is 29.5 Å². The van der Waals surface area contributed by atoms with Gasteiger partial charge in [-0.15, -0.1) is 22.7 Å². The Balaban J connectivity index is 1.36. The molecule has 0 aliphatic carbocycles. The van der Waals surface area contributed by atoms with Crippen molar-refractivity contribution in [1.82, 2.24) is 14.9 Å². The average Bonchev–Trinajstić information content (AvgIpc) is 3.47. The van der Waals surface area contributed by atoms with Gasteiger partial charge in [0.2, 0.25) is 0 Å². The summed E-state index contributed by atoms with van der Waals surface area (Å²) in [5, 5.41) is 4.47. The van der Waals surface area contributed by atoms with Crippen LogP contribution in [0.5, 0.6) is 5.75 Å². The van der Waals surface area contributed by atoms with Crippen molar-refractivity contribution in [1.29, 1.82) is 0 Å². The lowest BCUT2D eigenvalue weighted by Gasteiger charge is -2.21. The van der Waals surface area contributed by atoms with Crippen molar-refractivity contribution >= 4 is 32.9 Å². The number of hydrogen-bond acceptors (Lipinski definition) is 6. The minimum Gasteiger partial charge on any atom is -0.497 e. The number of ether oxygens (including phenoxy) is 1. The van der Waals surface area contributed by atoms with E-state index in [0.29, 0.717) is 6.04 Å². The summed E-state index contributed by atoms with van der Waals surface area (Å²) >= 11 is 3.53. The third-order valence-corrected chi connectivity index (χ3v) is 7.27. The van der Waals surface area contributed by atoms with Crippen LogP contribution >= 0.6 is 22.7 Å². The highest BCUT2D eigenvalue weighted by Gasteiger charge is 2.29. The summed E-state index contributed by atoms with van der Waals surface area (Å²) in [6.07, 6.45) is 2.39. The fraction of sp³-hybridized carbons (Fsp3) is 0.273. The van der Waals surface area contributed by atoms with Crippen molar-refractivity contribution in [3.8, 4) is 16.3 Å². The quantitative estimate of drug-likeness (QED) is 0.421. The second-order valence-electron chi connectivity index (χ2n) is 7.02. The molecule has 5 rings (SSSR count). The van der Waals surface area contributed by atoms with Gasteiger partial charge in [0.15, 0.2) is 0 Å². The summed E-state index contributed by atoms with van der Waals surface area (Å²) in [7, 11) is 1.70. The van der Waals surface area contributed by atoms with E-state index in [2.05, 4.69) is 40.6 Å². The second kappa shape index (κ2) is 7.62. The molecule has 0 N–H and O–H groups in total. The molecule has 1 aliphatic heterocycles. The number of rotatable bonds is 5. The minimum absolute atomic E-state index is 0.402. The van der Waals surface area contributed by atoms with E-state index in [0.717, 1.165) is 40.6 Å². The van der Waals surface area contributed by atoms with Crippen LogP contribution in [0.1, 0.15) is 29.6 Å². The Kier molecular flexibility index (Phi) is 4.84. The molecule has 2 aromatic heterocycles. The van der Waals surface area contributed by atoms with E-state index < -0.39 is 0 Å². The van der Waals surface area contributed by atoms with Crippen LogP contribution < -0.4 is 4.74 Å². The molecule has 1 aliphatic rings. The van der Waals surface area contributed by atoms with Gasteiger partial charge in [-0.25, -0.2) is 9.97 Å². The Morgan fingerprint density at radius 3 is 2.96 bits per heavy atom. The smallest absolute Gasteiger partial charge is 0.123 e. The Hall–Kier alpha value is -2.28. The topological polar surface area (TPSA) is 38.2 Å². The number of nitrogens with zero attached hydrogens (tertiary/aromatic N) is 3. The zero-order chi connectivity index (χ0) is 18.9. The summed E-state index contributed by atoms with van der Waals surface area (Å²) < 4.78 is 6.62. The number of methoxy groups -OCH3 is 1. The van der Waals surface area contributed by atoms with E-state index in [-0.39, 0.29) is 0 Å². The standard InChI is InChI=1S/C22H21N3OS2/c1-26-17-7-4-6-15(12-17)21-23-16(14-27-21)13-25-11-5-9-19(25)22-24-18-8-2-3-10-20(18)28-22/h2-4,6-8,10,12,14,19H,5,9,11,13H2,1H3. The third kappa shape index (κ3) is 3.43. The summed E-state index contributed by atoms with van der Waals surface area (Å²) in [6, 6.07) is 16.9. The van der Waals surface area contributed by atoms with Crippen LogP contribution in [-0.2, 0) is 6.54 Å². The predicted molar refractivity (Wildman–Crippen MR) is 116 cm³/mol. The fourth-order valence-electron chi connectivity index (χ4n) is 3.80. The first-order valence-electron chi connectivity index (χ1n) is 9.48. The fourth-order valence-corrected chi connectivity index (χ4v) is 5.75. The number of para-hydroxylation sites is 1. The monoisotopic (exact) mass is 407 g/mol. The summed E-state index contributed by atoms with van der Waals surface area (Å²) in [5.41, 5.74) is 3.36. The lowest BCUT2D eigenvalue weighted by molar-refractivity contribution is 0.246. The summed E-state index contributed by atoms with van der Waals surface area (Å²) in [5.74, 6) is 0.865. The van der Waals surface area contributed by atoms with Gasteiger partial charge in [0, 0.05) is 17.5 Å². The van der Waals surface area contributed by atoms with Gasteiger partial charge < -0.3 is 4.74 Å². The van der Waals surface area contributed by atoms with Crippen LogP contribution in [0.3, 0.4) is 0 Å². The Morgan fingerprint density at radius 2 is 2.07 bits per heavy atom. The normalized spacial score (nSPS) is 17.4. The number of aromatic nitrogens is 2. The van der Waals surface area contributed by atoms with Gasteiger partial charge in [-0.05, 0) is 43.7 Å². The molecule has 1 atom stereocenters. The molecule has 4 nitrogen and oxygen atoms in total. The van der Waals surface area contributed by atoms with Crippen LogP contribution in [0.25, 0.3) is 20.8 Å². The minimum atomic E-state index is 0.402. The highest BCUT2D eigenvalue weighted by molar-refractivity contribution is 7.18. The van der Waals surface area contributed by atoms with Gasteiger partial charge in [0.25, 0.3) is 0 Å².